The lowest BCUT2D eigenvalue weighted by atomic mass is 9.83. The first-order valence-corrected chi connectivity index (χ1v) is 5.39. The van der Waals surface area contributed by atoms with E-state index in [4.69, 9.17) is 0 Å². The molecule has 0 radical (unpaired) electrons. The Bertz CT molecular complexity index is 159. The van der Waals surface area contributed by atoms with E-state index >= 15 is 0 Å². The van der Waals surface area contributed by atoms with Gasteiger partial charge in [0.25, 0.3) is 0 Å². The molecule has 1 N–H and O–H groups in total. The second-order valence-electron chi connectivity index (χ2n) is 5.15. The minimum absolute atomic E-state index is 0.391. The van der Waals surface area contributed by atoms with Crippen LogP contribution in [-0.2, 0) is 0 Å². The Morgan fingerprint density at radius 1 is 1.23 bits per heavy atom. The van der Waals surface area contributed by atoms with Gasteiger partial charge in [-0.1, -0.05) is 27.7 Å². The molecule has 0 bridgehead atoms. The fraction of sp³-hybridized carbons (Fsp3) is 1.00. The van der Waals surface area contributed by atoms with Crippen molar-refractivity contribution in [2.75, 3.05) is 19.6 Å². The SMILES string of the molecule is CC(C)CCN1CC(O)(C(C)C)C1. The molecule has 0 aromatic heterocycles. The van der Waals surface area contributed by atoms with Crippen LogP contribution in [-0.4, -0.2) is 35.2 Å². The van der Waals surface area contributed by atoms with E-state index in [2.05, 4.69) is 32.6 Å². The van der Waals surface area contributed by atoms with E-state index in [0.29, 0.717) is 5.92 Å². The third kappa shape index (κ3) is 2.68. The zero-order chi connectivity index (χ0) is 10.1. The molecule has 13 heavy (non-hydrogen) atoms. The minimum atomic E-state index is -0.392. The zero-order valence-electron chi connectivity index (χ0n) is 9.38. The maximum atomic E-state index is 9.98. The van der Waals surface area contributed by atoms with Crippen LogP contribution < -0.4 is 0 Å². The Morgan fingerprint density at radius 2 is 1.77 bits per heavy atom. The summed E-state index contributed by atoms with van der Waals surface area (Å²) in [5, 5.41) is 9.98. The number of nitrogens with zero attached hydrogens (tertiary/aromatic N) is 1. The molecule has 0 spiro atoms. The predicted molar refractivity (Wildman–Crippen MR) is 55.7 cm³/mol. The maximum Gasteiger partial charge on any atom is 0.0922 e. The van der Waals surface area contributed by atoms with Crippen LogP contribution in [0.15, 0.2) is 0 Å². The second-order valence-corrected chi connectivity index (χ2v) is 5.15. The summed E-state index contributed by atoms with van der Waals surface area (Å²) >= 11 is 0. The third-order valence-corrected chi connectivity index (χ3v) is 3.09. The molecule has 0 aromatic rings. The number of β-amino-alcohol motifs (C(OH)–C–C–N with tert-alkyl or cyclic N) is 1. The second kappa shape index (κ2) is 3.97. The van der Waals surface area contributed by atoms with Crippen molar-refractivity contribution in [3.05, 3.63) is 0 Å². The van der Waals surface area contributed by atoms with Crippen molar-refractivity contribution >= 4 is 0 Å². The Kier molecular flexibility index (Phi) is 3.36. The molecule has 1 heterocycles. The lowest BCUT2D eigenvalue weighted by molar-refractivity contribution is -0.128. The first-order valence-electron chi connectivity index (χ1n) is 5.39. The van der Waals surface area contributed by atoms with Crippen molar-refractivity contribution in [2.45, 2.75) is 39.7 Å². The lowest BCUT2D eigenvalue weighted by Crippen LogP contribution is -2.64. The number of likely N-dealkylation sites (tertiary alicyclic amines) is 1. The quantitative estimate of drug-likeness (QED) is 0.721. The highest BCUT2D eigenvalue weighted by molar-refractivity contribution is 4.97. The fourth-order valence-corrected chi connectivity index (χ4v) is 1.69. The van der Waals surface area contributed by atoms with Crippen LogP contribution in [0.25, 0.3) is 0 Å². The van der Waals surface area contributed by atoms with E-state index in [0.717, 1.165) is 25.6 Å². The van der Waals surface area contributed by atoms with Gasteiger partial charge in [0.1, 0.15) is 0 Å². The van der Waals surface area contributed by atoms with Crippen LogP contribution in [0.3, 0.4) is 0 Å². The van der Waals surface area contributed by atoms with Crippen LogP contribution in [0.2, 0.25) is 0 Å². The number of hydrogen-bond donors (Lipinski definition) is 1. The molecule has 0 aromatic carbocycles. The van der Waals surface area contributed by atoms with E-state index in [1.54, 1.807) is 0 Å². The highest BCUT2D eigenvalue weighted by atomic mass is 16.3. The van der Waals surface area contributed by atoms with Crippen LogP contribution in [0.5, 0.6) is 0 Å². The first kappa shape index (κ1) is 11.0. The molecule has 0 unspecified atom stereocenters. The Labute approximate surface area is 81.9 Å². The molecular formula is C11H23NO. The average molecular weight is 185 g/mol. The monoisotopic (exact) mass is 185 g/mol. The van der Waals surface area contributed by atoms with Crippen molar-refractivity contribution in [3.63, 3.8) is 0 Å². The Hall–Kier alpha value is -0.0800. The number of rotatable bonds is 4. The summed E-state index contributed by atoms with van der Waals surface area (Å²) in [6.07, 6.45) is 1.24. The molecule has 1 fully saturated rings. The fourth-order valence-electron chi connectivity index (χ4n) is 1.69. The van der Waals surface area contributed by atoms with Gasteiger partial charge in [-0.3, -0.25) is 4.90 Å². The summed E-state index contributed by atoms with van der Waals surface area (Å²) in [5.74, 6) is 1.16. The van der Waals surface area contributed by atoms with Crippen molar-refractivity contribution in [1.82, 2.24) is 4.90 Å². The first-order chi connectivity index (χ1) is 5.94. The van der Waals surface area contributed by atoms with Crippen molar-refractivity contribution in [1.29, 1.82) is 0 Å². The highest BCUT2D eigenvalue weighted by Crippen LogP contribution is 2.28. The van der Waals surface area contributed by atoms with Crippen LogP contribution >= 0.6 is 0 Å². The average Bonchev–Trinajstić information content (AvgIpc) is 1.95. The molecule has 0 atom stereocenters. The van der Waals surface area contributed by atoms with E-state index in [9.17, 15) is 5.11 Å². The number of hydrogen-bond acceptors (Lipinski definition) is 2. The summed E-state index contributed by atoms with van der Waals surface area (Å²) in [7, 11) is 0. The molecule has 0 amide bonds. The molecule has 0 aliphatic carbocycles. The van der Waals surface area contributed by atoms with E-state index in [1.807, 2.05) is 0 Å². The standard InChI is InChI=1S/C11H23NO/c1-9(2)5-6-12-7-11(13,8-12)10(3)4/h9-10,13H,5-8H2,1-4H3. The van der Waals surface area contributed by atoms with Crippen molar-refractivity contribution in [3.8, 4) is 0 Å². The van der Waals surface area contributed by atoms with Gasteiger partial charge >= 0.3 is 0 Å². The van der Waals surface area contributed by atoms with E-state index < -0.39 is 5.60 Å². The normalized spacial score (nSPS) is 22.4. The topological polar surface area (TPSA) is 23.5 Å². The number of aliphatic hydroxyl groups is 1. The summed E-state index contributed by atoms with van der Waals surface area (Å²) in [6.45, 7) is 11.6. The molecule has 1 aliphatic rings. The van der Waals surface area contributed by atoms with Crippen molar-refractivity contribution < 1.29 is 5.11 Å². The Balaban J connectivity index is 2.18. The van der Waals surface area contributed by atoms with Gasteiger partial charge in [-0.15, -0.1) is 0 Å². The van der Waals surface area contributed by atoms with Crippen molar-refractivity contribution in [2.24, 2.45) is 11.8 Å². The van der Waals surface area contributed by atoms with Gasteiger partial charge < -0.3 is 5.11 Å². The molecule has 1 saturated heterocycles. The molecule has 1 rings (SSSR count). The summed E-state index contributed by atoms with van der Waals surface area (Å²) in [5.41, 5.74) is -0.392. The summed E-state index contributed by atoms with van der Waals surface area (Å²) < 4.78 is 0. The molecule has 78 valence electrons. The molecule has 0 saturated carbocycles. The minimum Gasteiger partial charge on any atom is -0.387 e. The van der Waals surface area contributed by atoms with Gasteiger partial charge in [0.15, 0.2) is 0 Å². The highest BCUT2D eigenvalue weighted by Gasteiger charge is 2.42. The van der Waals surface area contributed by atoms with Crippen LogP contribution in [0, 0.1) is 11.8 Å². The maximum absolute atomic E-state index is 9.98. The van der Waals surface area contributed by atoms with Gasteiger partial charge in [-0.25, -0.2) is 0 Å². The lowest BCUT2D eigenvalue weighted by Gasteiger charge is -2.49. The molecule has 2 heteroatoms. The Morgan fingerprint density at radius 3 is 2.15 bits per heavy atom. The van der Waals surface area contributed by atoms with Crippen LogP contribution in [0.4, 0.5) is 0 Å². The smallest absolute Gasteiger partial charge is 0.0922 e. The predicted octanol–water partition coefficient (Wildman–Crippen LogP) is 1.74. The third-order valence-electron chi connectivity index (χ3n) is 3.09. The van der Waals surface area contributed by atoms with Gasteiger partial charge in [-0.05, 0) is 24.8 Å². The van der Waals surface area contributed by atoms with Gasteiger partial charge in [-0.2, -0.15) is 0 Å². The van der Waals surface area contributed by atoms with Gasteiger partial charge in [0.2, 0.25) is 0 Å². The largest absolute Gasteiger partial charge is 0.387 e. The van der Waals surface area contributed by atoms with Gasteiger partial charge in [0.05, 0.1) is 5.60 Å². The molecule has 2 nitrogen and oxygen atoms in total. The zero-order valence-corrected chi connectivity index (χ0v) is 9.38. The summed E-state index contributed by atoms with van der Waals surface area (Å²) in [4.78, 5) is 2.35. The van der Waals surface area contributed by atoms with Gasteiger partial charge in [0, 0.05) is 13.1 Å². The van der Waals surface area contributed by atoms with E-state index in [1.165, 1.54) is 6.42 Å². The molecule has 1 aliphatic heterocycles. The van der Waals surface area contributed by atoms with E-state index in [-0.39, 0.29) is 0 Å². The molecular weight excluding hydrogens is 162 g/mol. The summed E-state index contributed by atoms with van der Waals surface area (Å²) in [6, 6.07) is 0. The van der Waals surface area contributed by atoms with Crippen LogP contribution in [0.1, 0.15) is 34.1 Å².